The molecule has 0 aliphatic carbocycles. The van der Waals surface area contributed by atoms with Gasteiger partial charge in [0.15, 0.2) is 11.5 Å². The zero-order chi connectivity index (χ0) is 18.5. The minimum Gasteiger partial charge on any atom is -0.468 e. The largest absolute Gasteiger partial charge is 0.468 e. The summed E-state index contributed by atoms with van der Waals surface area (Å²) in [5.41, 5.74) is 4.40. The molecule has 6 nitrogen and oxygen atoms in total. The number of para-hydroxylation sites is 1. The Labute approximate surface area is 156 Å². The monoisotopic (exact) mass is 364 g/mol. The van der Waals surface area contributed by atoms with E-state index in [1.807, 2.05) is 37.4 Å². The van der Waals surface area contributed by atoms with Gasteiger partial charge in [0.1, 0.15) is 6.04 Å². The lowest BCUT2D eigenvalue weighted by atomic mass is 9.88. The van der Waals surface area contributed by atoms with Crippen LogP contribution in [0.4, 0.5) is 0 Å². The standard InChI is InChI=1S/C21H20N2O4/c1-23-16(21(24)25-2)10-14-13-5-3-4-6-15(13)22-19(14)20(23)12-7-8-17-18(9-12)27-11-26-17/h3-9,16,20,22H,10-11H2,1-2H3/t16-,20?/m1/s1. The molecule has 3 heterocycles. The highest BCUT2D eigenvalue weighted by molar-refractivity contribution is 5.87. The zero-order valence-electron chi connectivity index (χ0n) is 15.2. The SMILES string of the molecule is COC(=O)[C@H]1Cc2c([nH]c3ccccc23)C(c2ccc3c(c2)OCO3)N1C. The summed E-state index contributed by atoms with van der Waals surface area (Å²) in [5.74, 6) is 1.26. The van der Waals surface area contributed by atoms with Crippen molar-refractivity contribution in [1.82, 2.24) is 9.88 Å². The van der Waals surface area contributed by atoms with Gasteiger partial charge in [-0.2, -0.15) is 0 Å². The molecule has 0 saturated heterocycles. The molecule has 0 radical (unpaired) electrons. The molecule has 2 aromatic carbocycles. The number of hydrogen-bond donors (Lipinski definition) is 1. The van der Waals surface area contributed by atoms with Gasteiger partial charge in [0.25, 0.3) is 0 Å². The van der Waals surface area contributed by atoms with Gasteiger partial charge in [-0.05, 0) is 36.4 Å². The van der Waals surface area contributed by atoms with Gasteiger partial charge in [-0.15, -0.1) is 0 Å². The van der Waals surface area contributed by atoms with Crippen molar-refractivity contribution in [2.24, 2.45) is 0 Å². The quantitative estimate of drug-likeness (QED) is 0.708. The van der Waals surface area contributed by atoms with E-state index in [1.165, 1.54) is 12.7 Å². The second-order valence-corrected chi connectivity index (χ2v) is 6.99. The van der Waals surface area contributed by atoms with Crippen molar-refractivity contribution < 1.29 is 19.0 Å². The first-order valence-corrected chi connectivity index (χ1v) is 8.96. The van der Waals surface area contributed by atoms with E-state index in [1.54, 1.807) is 0 Å². The van der Waals surface area contributed by atoms with E-state index in [9.17, 15) is 4.79 Å². The number of H-pyrrole nitrogens is 1. The van der Waals surface area contributed by atoms with Crippen LogP contribution < -0.4 is 9.47 Å². The first kappa shape index (κ1) is 16.2. The van der Waals surface area contributed by atoms with Gasteiger partial charge in [0, 0.05) is 23.0 Å². The van der Waals surface area contributed by atoms with Crippen LogP contribution in [-0.2, 0) is 16.0 Å². The number of likely N-dealkylation sites (N-methyl/N-ethyl adjacent to an activating group) is 1. The number of nitrogens with zero attached hydrogens (tertiary/aromatic N) is 1. The van der Waals surface area contributed by atoms with Gasteiger partial charge in [-0.1, -0.05) is 24.3 Å². The van der Waals surface area contributed by atoms with Crippen LogP contribution in [0.15, 0.2) is 42.5 Å². The number of rotatable bonds is 2. The summed E-state index contributed by atoms with van der Waals surface area (Å²) in [7, 11) is 3.40. The highest BCUT2D eigenvalue weighted by Crippen LogP contribution is 2.43. The summed E-state index contributed by atoms with van der Waals surface area (Å²) in [4.78, 5) is 18.1. The highest BCUT2D eigenvalue weighted by Gasteiger charge is 2.39. The van der Waals surface area contributed by atoms with Gasteiger partial charge in [0.05, 0.1) is 13.2 Å². The lowest BCUT2D eigenvalue weighted by Gasteiger charge is -2.38. The van der Waals surface area contributed by atoms with Gasteiger partial charge >= 0.3 is 5.97 Å². The highest BCUT2D eigenvalue weighted by atomic mass is 16.7. The first-order valence-electron chi connectivity index (χ1n) is 8.96. The summed E-state index contributed by atoms with van der Waals surface area (Å²) in [6.07, 6.45) is 0.615. The van der Waals surface area contributed by atoms with Gasteiger partial charge in [-0.3, -0.25) is 9.69 Å². The van der Waals surface area contributed by atoms with Crippen LogP contribution in [0.25, 0.3) is 10.9 Å². The minimum atomic E-state index is -0.350. The molecule has 3 aromatic rings. The van der Waals surface area contributed by atoms with E-state index in [0.29, 0.717) is 6.42 Å². The van der Waals surface area contributed by atoms with Crippen molar-refractivity contribution in [3.05, 3.63) is 59.3 Å². The van der Waals surface area contributed by atoms with E-state index in [4.69, 9.17) is 14.2 Å². The third-order valence-corrected chi connectivity index (χ3v) is 5.60. The first-order chi connectivity index (χ1) is 13.2. The Kier molecular flexibility index (Phi) is 3.62. The summed E-state index contributed by atoms with van der Waals surface area (Å²) >= 11 is 0. The number of esters is 1. The number of hydrogen-bond acceptors (Lipinski definition) is 5. The lowest BCUT2D eigenvalue weighted by Crippen LogP contribution is -2.46. The third kappa shape index (κ3) is 2.40. The van der Waals surface area contributed by atoms with E-state index >= 15 is 0 Å². The Morgan fingerprint density at radius 2 is 2.00 bits per heavy atom. The summed E-state index contributed by atoms with van der Waals surface area (Å²) in [6, 6.07) is 13.7. The van der Waals surface area contributed by atoms with E-state index in [2.05, 4.69) is 22.0 Å². The average molecular weight is 364 g/mol. The fourth-order valence-corrected chi connectivity index (χ4v) is 4.27. The number of carbonyl (C=O) groups excluding carboxylic acids is 1. The number of carbonyl (C=O) groups is 1. The molecule has 6 heteroatoms. The molecule has 0 amide bonds. The number of ether oxygens (including phenoxy) is 3. The maximum Gasteiger partial charge on any atom is 0.323 e. The molecular weight excluding hydrogens is 344 g/mol. The van der Waals surface area contributed by atoms with E-state index in [-0.39, 0.29) is 24.8 Å². The molecule has 5 rings (SSSR count). The van der Waals surface area contributed by atoms with Crippen LogP contribution in [0.2, 0.25) is 0 Å². The molecule has 0 fully saturated rings. The Morgan fingerprint density at radius 3 is 2.85 bits per heavy atom. The average Bonchev–Trinajstić information content (AvgIpc) is 3.30. The van der Waals surface area contributed by atoms with Gasteiger partial charge in [0.2, 0.25) is 6.79 Å². The molecule has 1 N–H and O–H groups in total. The summed E-state index contributed by atoms with van der Waals surface area (Å²) in [6.45, 7) is 0.238. The van der Waals surface area contributed by atoms with Gasteiger partial charge < -0.3 is 19.2 Å². The fraction of sp³-hybridized carbons (Fsp3) is 0.286. The number of aromatic nitrogens is 1. The molecule has 2 aliphatic rings. The second-order valence-electron chi connectivity index (χ2n) is 6.99. The number of methoxy groups -OCH3 is 1. The Morgan fingerprint density at radius 1 is 1.19 bits per heavy atom. The smallest absolute Gasteiger partial charge is 0.323 e. The van der Waals surface area contributed by atoms with E-state index < -0.39 is 0 Å². The number of aromatic amines is 1. The maximum absolute atomic E-state index is 12.5. The normalized spacial score (nSPS) is 21.3. The van der Waals surface area contributed by atoms with Gasteiger partial charge in [-0.25, -0.2) is 0 Å². The molecular formula is C21H20N2O4. The molecule has 138 valence electrons. The Hall–Kier alpha value is -2.99. The van der Waals surface area contributed by atoms with Crippen molar-refractivity contribution in [2.45, 2.75) is 18.5 Å². The van der Waals surface area contributed by atoms with Crippen LogP contribution in [0.1, 0.15) is 22.9 Å². The Bertz CT molecular complexity index is 1040. The number of nitrogens with one attached hydrogen (secondary N) is 1. The lowest BCUT2D eigenvalue weighted by molar-refractivity contribution is -0.147. The fourth-order valence-electron chi connectivity index (χ4n) is 4.27. The van der Waals surface area contributed by atoms with Crippen LogP contribution in [-0.4, -0.2) is 42.8 Å². The second kappa shape index (κ2) is 6.03. The van der Waals surface area contributed by atoms with Crippen molar-refractivity contribution in [1.29, 1.82) is 0 Å². The van der Waals surface area contributed by atoms with Crippen LogP contribution in [0, 0.1) is 0 Å². The van der Waals surface area contributed by atoms with Crippen LogP contribution in [0.5, 0.6) is 11.5 Å². The maximum atomic E-state index is 12.5. The van der Waals surface area contributed by atoms with Crippen molar-refractivity contribution in [3.63, 3.8) is 0 Å². The predicted octanol–water partition coefficient (Wildman–Crippen LogP) is 3.02. The summed E-state index contributed by atoms with van der Waals surface area (Å²) in [5, 5.41) is 1.15. The molecule has 0 saturated carbocycles. The molecule has 0 spiro atoms. The van der Waals surface area contributed by atoms with Crippen LogP contribution >= 0.6 is 0 Å². The molecule has 2 aliphatic heterocycles. The van der Waals surface area contributed by atoms with Crippen LogP contribution in [0.3, 0.4) is 0 Å². The molecule has 0 bridgehead atoms. The molecule has 1 aromatic heterocycles. The summed E-state index contributed by atoms with van der Waals surface area (Å²) < 4.78 is 16.1. The number of fused-ring (bicyclic) bond motifs is 4. The van der Waals surface area contributed by atoms with Crippen molar-refractivity contribution in [3.8, 4) is 11.5 Å². The minimum absolute atomic E-state index is 0.111. The predicted molar refractivity (Wildman–Crippen MR) is 100.0 cm³/mol. The Balaban J connectivity index is 1.70. The molecule has 2 atom stereocenters. The van der Waals surface area contributed by atoms with E-state index in [0.717, 1.165) is 33.7 Å². The number of benzene rings is 2. The van der Waals surface area contributed by atoms with Crippen molar-refractivity contribution in [2.75, 3.05) is 21.0 Å². The molecule has 27 heavy (non-hydrogen) atoms. The third-order valence-electron chi connectivity index (χ3n) is 5.60. The molecule has 1 unspecified atom stereocenters. The zero-order valence-corrected chi connectivity index (χ0v) is 15.2. The topological polar surface area (TPSA) is 63.8 Å². The van der Waals surface area contributed by atoms with Crippen molar-refractivity contribution >= 4 is 16.9 Å².